The molecule has 2 fully saturated rings. The molecule has 2 saturated heterocycles. The summed E-state index contributed by atoms with van der Waals surface area (Å²) in [7, 11) is 0. The van der Waals surface area contributed by atoms with E-state index in [2.05, 4.69) is 49.7 Å². The zero-order chi connectivity index (χ0) is 22.7. The van der Waals surface area contributed by atoms with Crippen LogP contribution >= 0.6 is 27.5 Å². The van der Waals surface area contributed by atoms with Crippen molar-refractivity contribution in [2.75, 3.05) is 37.6 Å². The van der Waals surface area contributed by atoms with Crippen molar-refractivity contribution >= 4 is 33.2 Å². The van der Waals surface area contributed by atoms with Gasteiger partial charge >= 0.3 is 0 Å². The van der Waals surface area contributed by atoms with Crippen LogP contribution in [0.1, 0.15) is 37.3 Å². The highest BCUT2D eigenvalue weighted by Gasteiger charge is 2.33. The second kappa shape index (κ2) is 10.5. The van der Waals surface area contributed by atoms with E-state index in [1.54, 1.807) is 12.1 Å². The Morgan fingerprint density at radius 3 is 2.56 bits per heavy atom. The second-order valence-corrected chi connectivity index (χ2v) is 10.1. The Hall–Kier alpha value is -1.65. The fourth-order valence-corrected chi connectivity index (χ4v) is 5.85. The van der Waals surface area contributed by atoms with Gasteiger partial charge in [0.25, 0.3) is 0 Å². The molecule has 170 valence electrons. The largest absolute Gasteiger partial charge is 0.368 e. The summed E-state index contributed by atoms with van der Waals surface area (Å²) in [6.45, 7) is 7.92. The van der Waals surface area contributed by atoms with Gasteiger partial charge in [0.15, 0.2) is 0 Å². The molecule has 0 spiro atoms. The number of rotatable bonds is 5. The quantitative estimate of drug-likeness (QED) is 0.509. The normalized spacial score (nSPS) is 21.0. The van der Waals surface area contributed by atoms with Gasteiger partial charge in [-0.25, -0.2) is 4.39 Å². The van der Waals surface area contributed by atoms with E-state index in [-0.39, 0.29) is 5.82 Å². The smallest absolute Gasteiger partial charge is 0.129 e. The van der Waals surface area contributed by atoms with Crippen molar-refractivity contribution in [2.24, 2.45) is 0 Å². The van der Waals surface area contributed by atoms with Crippen molar-refractivity contribution in [1.82, 2.24) is 9.80 Å². The van der Waals surface area contributed by atoms with Crippen LogP contribution in [-0.2, 0) is 6.54 Å². The van der Waals surface area contributed by atoms with Gasteiger partial charge in [0.1, 0.15) is 5.82 Å². The van der Waals surface area contributed by atoms with Crippen LogP contribution in [0.2, 0.25) is 5.02 Å². The Bertz CT molecular complexity index is 986. The molecular formula is C25H29BrClFN4. The monoisotopic (exact) mass is 518 g/mol. The summed E-state index contributed by atoms with van der Waals surface area (Å²) in [6.07, 6.45) is 3.35. The SMILES string of the molecule is CC[C@H]1CN(c2ccc(C#N)cc2Br)CCN1C1CCN(Cc2ccc(Cl)cc2F)CC1. The lowest BCUT2D eigenvalue weighted by Crippen LogP contribution is -2.58. The third-order valence-electron chi connectivity index (χ3n) is 6.85. The van der Waals surface area contributed by atoms with Crippen LogP contribution in [-0.4, -0.2) is 54.6 Å². The zero-order valence-electron chi connectivity index (χ0n) is 18.4. The molecule has 4 rings (SSSR count). The summed E-state index contributed by atoms with van der Waals surface area (Å²) in [5, 5.41) is 9.58. The van der Waals surface area contributed by atoms with Gasteiger partial charge in [-0.05, 0) is 78.6 Å². The number of piperidine rings is 1. The molecule has 4 nitrogen and oxygen atoms in total. The minimum atomic E-state index is -0.212. The molecule has 0 radical (unpaired) electrons. The number of piperazine rings is 1. The second-order valence-electron chi connectivity index (χ2n) is 8.77. The predicted molar refractivity (Wildman–Crippen MR) is 132 cm³/mol. The van der Waals surface area contributed by atoms with E-state index in [1.165, 1.54) is 11.8 Å². The minimum absolute atomic E-state index is 0.212. The Labute approximate surface area is 203 Å². The molecular weight excluding hydrogens is 491 g/mol. The van der Waals surface area contributed by atoms with Crippen molar-refractivity contribution in [3.05, 3.63) is 62.8 Å². The Morgan fingerprint density at radius 2 is 1.91 bits per heavy atom. The van der Waals surface area contributed by atoms with E-state index in [1.807, 2.05) is 12.1 Å². The van der Waals surface area contributed by atoms with E-state index >= 15 is 0 Å². The van der Waals surface area contributed by atoms with Crippen LogP contribution in [0.4, 0.5) is 10.1 Å². The van der Waals surface area contributed by atoms with E-state index in [4.69, 9.17) is 16.9 Å². The number of halogens is 3. The molecule has 0 N–H and O–H groups in total. The molecule has 7 heteroatoms. The summed E-state index contributed by atoms with van der Waals surface area (Å²) < 4.78 is 15.2. The van der Waals surface area contributed by atoms with Crippen molar-refractivity contribution in [1.29, 1.82) is 5.26 Å². The van der Waals surface area contributed by atoms with Gasteiger partial charge in [0.2, 0.25) is 0 Å². The van der Waals surface area contributed by atoms with Gasteiger partial charge < -0.3 is 4.90 Å². The zero-order valence-corrected chi connectivity index (χ0v) is 20.7. The summed E-state index contributed by atoms with van der Waals surface area (Å²) in [5.41, 5.74) is 2.57. The average Bonchev–Trinajstić information content (AvgIpc) is 2.81. The Morgan fingerprint density at radius 1 is 1.12 bits per heavy atom. The van der Waals surface area contributed by atoms with E-state index in [9.17, 15) is 4.39 Å². The lowest BCUT2D eigenvalue weighted by molar-refractivity contribution is 0.0609. The molecule has 0 amide bonds. The average molecular weight is 520 g/mol. The third kappa shape index (κ3) is 5.28. The number of hydrogen-bond donors (Lipinski definition) is 0. The minimum Gasteiger partial charge on any atom is -0.368 e. The highest BCUT2D eigenvalue weighted by molar-refractivity contribution is 9.10. The highest BCUT2D eigenvalue weighted by Crippen LogP contribution is 2.31. The van der Waals surface area contributed by atoms with Gasteiger partial charge in [-0.1, -0.05) is 24.6 Å². The van der Waals surface area contributed by atoms with Crippen molar-refractivity contribution in [3.8, 4) is 6.07 Å². The van der Waals surface area contributed by atoms with Crippen LogP contribution in [0.25, 0.3) is 0 Å². The number of anilines is 1. The van der Waals surface area contributed by atoms with E-state index < -0.39 is 0 Å². The molecule has 2 aliphatic rings. The number of benzene rings is 2. The molecule has 1 atom stereocenters. The van der Waals surface area contributed by atoms with Crippen LogP contribution in [0.5, 0.6) is 0 Å². The Kier molecular flexibility index (Phi) is 7.73. The highest BCUT2D eigenvalue weighted by atomic mass is 79.9. The van der Waals surface area contributed by atoms with Crippen molar-refractivity contribution < 1.29 is 4.39 Å². The maximum absolute atomic E-state index is 14.2. The molecule has 2 aliphatic heterocycles. The molecule has 0 aromatic heterocycles. The number of likely N-dealkylation sites (tertiary alicyclic amines) is 1. The fraction of sp³-hybridized carbons (Fsp3) is 0.480. The number of nitrogens with zero attached hydrogens (tertiary/aromatic N) is 4. The molecule has 0 aliphatic carbocycles. The van der Waals surface area contributed by atoms with Crippen LogP contribution < -0.4 is 4.90 Å². The summed E-state index contributed by atoms with van der Waals surface area (Å²) >= 11 is 9.54. The third-order valence-corrected chi connectivity index (χ3v) is 7.72. The van der Waals surface area contributed by atoms with Crippen molar-refractivity contribution in [3.63, 3.8) is 0 Å². The first-order valence-corrected chi connectivity index (χ1v) is 12.5. The maximum atomic E-state index is 14.2. The predicted octanol–water partition coefficient (Wildman–Crippen LogP) is 5.68. The molecule has 2 aromatic rings. The van der Waals surface area contributed by atoms with Crippen LogP contribution in [0.3, 0.4) is 0 Å². The number of nitriles is 1. The Balaban J connectivity index is 1.34. The first-order chi connectivity index (χ1) is 15.5. The topological polar surface area (TPSA) is 33.5 Å². The summed E-state index contributed by atoms with van der Waals surface area (Å²) in [5.74, 6) is -0.212. The fourth-order valence-electron chi connectivity index (χ4n) is 5.07. The molecule has 2 aromatic carbocycles. The summed E-state index contributed by atoms with van der Waals surface area (Å²) in [6, 6.07) is 14.1. The van der Waals surface area contributed by atoms with Crippen LogP contribution in [0.15, 0.2) is 40.9 Å². The molecule has 32 heavy (non-hydrogen) atoms. The standard InChI is InChI=1S/C25H29BrClFN4/c1-2-21-17-31(25-6-3-18(15-29)13-23(25)26)11-12-32(21)22-7-9-30(10-8-22)16-19-4-5-20(27)14-24(19)28/h3-6,13-14,21-22H,2,7-12,16-17H2,1H3/t21-/m0/s1. The molecule has 0 saturated carbocycles. The lowest BCUT2D eigenvalue weighted by atomic mass is 9.97. The van der Waals surface area contributed by atoms with Gasteiger partial charge in [-0.2, -0.15) is 5.26 Å². The van der Waals surface area contributed by atoms with Gasteiger partial charge in [-0.3, -0.25) is 9.80 Å². The first kappa shape index (κ1) is 23.5. The number of hydrogen-bond acceptors (Lipinski definition) is 4. The van der Waals surface area contributed by atoms with Gasteiger partial charge in [-0.15, -0.1) is 0 Å². The van der Waals surface area contributed by atoms with Crippen LogP contribution in [0, 0.1) is 17.1 Å². The molecule has 0 unspecified atom stereocenters. The lowest BCUT2D eigenvalue weighted by Gasteiger charge is -2.48. The van der Waals surface area contributed by atoms with E-state index in [0.29, 0.717) is 29.2 Å². The summed E-state index contributed by atoms with van der Waals surface area (Å²) in [4.78, 5) is 7.50. The molecule has 2 heterocycles. The molecule has 0 bridgehead atoms. The van der Waals surface area contributed by atoms with Gasteiger partial charge in [0.05, 0.1) is 17.3 Å². The van der Waals surface area contributed by atoms with Gasteiger partial charge in [0, 0.05) is 53.3 Å². The first-order valence-electron chi connectivity index (χ1n) is 11.3. The maximum Gasteiger partial charge on any atom is 0.129 e. The van der Waals surface area contributed by atoms with E-state index in [0.717, 1.165) is 62.0 Å². The van der Waals surface area contributed by atoms with Crippen molar-refractivity contribution in [2.45, 2.75) is 44.8 Å².